The molecule has 0 radical (unpaired) electrons. The zero-order valence-corrected chi connectivity index (χ0v) is 13.6. The van der Waals surface area contributed by atoms with Crippen molar-refractivity contribution in [1.29, 1.82) is 0 Å². The molecular formula is C16H25F3N2O2. The molecule has 0 aromatic heterocycles. The lowest BCUT2D eigenvalue weighted by Gasteiger charge is -2.24. The number of halogens is 3. The van der Waals surface area contributed by atoms with E-state index in [9.17, 15) is 22.8 Å². The molecule has 0 saturated carbocycles. The van der Waals surface area contributed by atoms with Crippen LogP contribution in [0.3, 0.4) is 0 Å². The lowest BCUT2D eigenvalue weighted by Crippen LogP contribution is -2.39. The lowest BCUT2D eigenvalue weighted by molar-refractivity contribution is -0.157. The summed E-state index contributed by atoms with van der Waals surface area (Å²) >= 11 is 0. The molecule has 23 heavy (non-hydrogen) atoms. The number of carbonyl (C=O) groups is 2. The van der Waals surface area contributed by atoms with Crippen molar-refractivity contribution in [3.8, 4) is 0 Å². The first kappa shape index (κ1) is 18.1. The summed E-state index contributed by atoms with van der Waals surface area (Å²) in [5.41, 5.74) is 0. The van der Waals surface area contributed by atoms with Crippen LogP contribution in [-0.4, -0.2) is 54.0 Å². The Balaban J connectivity index is 1.89. The van der Waals surface area contributed by atoms with E-state index in [4.69, 9.17) is 0 Å². The normalized spacial score (nSPS) is 26.5. The summed E-state index contributed by atoms with van der Waals surface area (Å²) in [5, 5.41) is 0. The molecule has 2 saturated heterocycles. The Bertz CT molecular complexity index is 440. The van der Waals surface area contributed by atoms with Gasteiger partial charge in [0, 0.05) is 26.1 Å². The Labute approximate surface area is 135 Å². The highest BCUT2D eigenvalue weighted by Crippen LogP contribution is 2.27. The van der Waals surface area contributed by atoms with Crippen LogP contribution < -0.4 is 0 Å². The first-order valence-electron chi connectivity index (χ1n) is 8.43. The zero-order valence-electron chi connectivity index (χ0n) is 13.6. The predicted molar refractivity (Wildman–Crippen MR) is 79.6 cm³/mol. The van der Waals surface area contributed by atoms with Gasteiger partial charge >= 0.3 is 6.18 Å². The molecule has 0 unspecified atom stereocenters. The average molecular weight is 334 g/mol. The number of alkyl halides is 3. The second-order valence-corrected chi connectivity index (χ2v) is 6.70. The van der Waals surface area contributed by atoms with Gasteiger partial charge in [-0.1, -0.05) is 19.8 Å². The summed E-state index contributed by atoms with van der Waals surface area (Å²) in [4.78, 5) is 26.8. The summed E-state index contributed by atoms with van der Waals surface area (Å²) in [7, 11) is 0. The van der Waals surface area contributed by atoms with E-state index in [1.807, 2.05) is 0 Å². The Hall–Kier alpha value is -1.27. The SMILES string of the molecule is CCC[C@@H]1CCCN(C(=O)[C@@H]2CC(=O)N(CC(F)(F)F)C2)CC1. The molecule has 7 heteroatoms. The summed E-state index contributed by atoms with van der Waals surface area (Å²) in [6.07, 6.45) is 0.760. The van der Waals surface area contributed by atoms with Crippen molar-refractivity contribution >= 4 is 11.8 Å². The monoisotopic (exact) mass is 334 g/mol. The smallest absolute Gasteiger partial charge is 0.342 e. The van der Waals surface area contributed by atoms with Gasteiger partial charge in [-0.15, -0.1) is 0 Å². The second-order valence-electron chi connectivity index (χ2n) is 6.70. The van der Waals surface area contributed by atoms with Gasteiger partial charge in [-0.05, 0) is 25.2 Å². The molecule has 0 aliphatic carbocycles. The molecule has 2 rings (SSSR count). The number of likely N-dealkylation sites (tertiary alicyclic amines) is 2. The fourth-order valence-electron chi connectivity index (χ4n) is 3.65. The van der Waals surface area contributed by atoms with Crippen molar-refractivity contribution < 1.29 is 22.8 Å². The maximum atomic E-state index is 12.5. The molecule has 0 aromatic rings. The van der Waals surface area contributed by atoms with Gasteiger partial charge in [-0.25, -0.2) is 0 Å². The number of rotatable bonds is 4. The molecule has 4 nitrogen and oxygen atoms in total. The fourth-order valence-corrected chi connectivity index (χ4v) is 3.65. The molecule has 132 valence electrons. The van der Waals surface area contributed by atoms with E-state index in [1.165, 1.54) is 0 Å². The van der Waals surface area contributed by atoms with Gasteiger partial charge in [0.25, 0.3) is 0 Å². The minimum Gasteiger partial charge on any atom is -0.342 e. The quantitative estimate of drug-likeness (QED) is 0.793. The van der Waals surface area contributed by atoms with Crippen LogP contribution in [0.2, 0.25) is 0 Å². The Morgan fingerprint density at radius 3 is 2.65 bits per heavy atom. The highest BCUT2D eigenvalue weighted by molar-refractivity contribution is 5.89. The van der Waals surface area contributed by atoms with Crippen LogP contribution in [0.1, 0.15) is 45.4 Å². The molecule has 0 N–H and O–H groups in total. The molecule has 0 bridgehead atoms. The van der Waals surface area contributed by atoms with E-state index in [0.29, 0.717) is 19.0 Å². The van der Waals surface area contributed by atoms with Gasteiger partial charge in [0.05, 0.1) is 5.92 Å². The number of amides is 2. The molecule has 2 atom stereocenters. The molecule has 2 amide bonds. The van der Waals surface area contributed by atoms with Crippen molar-refractivity contribution in [3.63, 3.8) is 0 Å². The van der Waals surface area contributed by atoms with Crippen LogP contribution in [0.5, 0.6) is 0 Å². The number of hydrogen-bond donors (Lipinski definition) is 0. The predicted octanol–water partition coefficient (Wildman–Crippen LogP) is 2.83. The third-order valence-corrected chi connectivity index (χ3v) is 4.79. The molecular weight excluding hydrogens is 309 g/mol. The molecule has 2 fully saturated rings. The molecule has 2 aliphatic heterocycles. The molecule has 2 aliphatic rings. The van der Waals surface area contributed by atoms with Crippen molar-refractivity contribution in [2.24, 2.45) is 11.8 Å². The maximum absolute atomic E-state index is 12.5. The summed E-state index contributed by atoms with van der Waals surface area (Å²) in [6.45, 7) is 2.10. The van der Waals surface area contributed by atoms with E-state index in [-0.39, 0.29) is 18.9 Å². The third kappa shape index (κ3) is 5.11. The van der Waals surface area contributed by atoms with E-state index >= 15 is 0 Å². The van der Waals surface area contributed by atoms with Crippen molar-refractivity contribution in [2.75, 3.05) is 26.2 Å². The fraction of sp³-hybridized carbons (Fsp3) is 0.875. The summed E-state index contributed by atoms with van der Waals surface area (Å²) in [6, 6.07) is 0. The lowest BCUT2D eigenvalue weighted by atomic mass is 9.96. The number of nitrogens with zero attached hydrogens (tertiary/aromatic N) is 2. The van der Waals surface area contributed by atoms with E-state index < -0.39 is 24.5 Å². The maximum Gasteiger partial charge on any atom is 0.406 e. The third-order valence-electron chi connectivity index (χ3n) is 4.79. The minimum atomic E-state index is -4.41. The van der Waals surface area contributed by atoms with Crippen molar-refractivity contribution in [2.45, 2.75) is 51.6 Å². The van der Waals surface area contributed by atoms with E-state index in [0.717, 1.165) is 37.0 Å². The van der Waals surface area contributed by atoms with E-state index in [2.05, 4.69) is 6.92 Å². The molecule has 2 heterocycles. The molecule has 0 spiro atoms. The molecule has 0 aromatic carbocycles. The van der Waals surface area contributed by atoms with Crippen LogP contribution in [0.25, 0.3) is 0 Å². The van der Waals surface area contributed by atoms with Crippen molar-refractivity contribution in [1.82, 2.24) is 9.80 Å². The van der Waals surface area contributed by atoms with Crippen LogP contribution in [0.4, 0.5) is 13.2 Å². The van der Waals surface area contributed by atoms with Gasteiger partial charge < -0.3 is 9.80 Å². The van der Waals surface area contributed by atoms with Gasteiger partial charge in [-0.2, -0.15) is 13.2 Å². The van der Waals surface area contributed by atoms with Crippen LogP contribution in [-0.2, 0) is 9.59 Å². The first-order chi connectivity index (χ1) is 10.8. The van der Waals surface area contributed by atoms with Gasteiger partial charge in [0.2, 0.25) is 11.8 Å². The Morgan fingerprint density at radius 1 is 1.26 bits per heavy atom. The highest BCUT2D eigenvalue weighted by Gasteiger charge is 2.41. The van der Waals surface area contributed by atoms with Gasteiger partial charge in [0.1, 0.15) is 6.54 Å². The van der Waals surface area contributed by atoms with Gasteiger partial charge in [-0.3, -0.25) is 9.59 Å². The van der Waals surface area contributed by atoms with Crippen LogP contribution in [0, 0.1) is 11.8 Å². The standard InChI is InChI=1S/C16H25F3N2O2/c1-2-4-12-5-3-7-20(8-6-12)15(23)13-9-14(22)21(10-13)11-16(17,18)19/h12-13H,2-11H2,1H3/t12-,13-/m1/s1. The second kappa shape index (κ2) is 7.53. The van der Waals surface area contributed by atoms with Crippen molar-refractivity contribution in [3.05, 3.63) is 0 Å². The average Bonchev–Trinajstić information content (AvgIpc) is 2.68. The van der Waals surface area contributed by atoms with Crippen LogP contribution in [0.15, 0.2) is 0 Å². The summed E-state index contributed by atoms with van der Waals surface area (Å²) < 4.78 is 37.3. The first-order valence-corrected chi connectivity index (χ1v) is 8.43. The minimum absolute atomic E-state index is 0.0935. The summed E-state index contributed by atoms with van der Waals surface area (Å²) in [5.74, 6) is -0.711. The zero-order chi connectivity index (χ0) is 17.0. The van der Waals surface area contributed by atoms with E-state index in [1.54, 1.807) is 4.90 Å². The number of hydrogen-bond acceptors (Lipinski definition) is 2. The number of carbonyl (C=O) groups excluding carboxylic acids is 2. The Morgan fingerprint density at radius 2 is 2.00 bits per heavy atom. The Kier molecular flexibility index (Phi) is 5.92. The topological polar surface area (TPSA) is 40.6 Å². The highest BCUT2D eigenvalue weighted by atomic mass is 19.4. The van der Waals surface area contributed by atoms with Gasteiger partial charge in [0.15, 0.2) is 0 Å². The van der Waals surface area contributed by atoms with Crippen LogP contribution >= 0.6 is 0 Å². The largest absolute Gasteiger partial charge is 0.406 e.